The molecule has 2 saturated heterocycles. The second kappa shape index (κ2) is 8.97. The highest BCUT2D eigenvalue weighted by Crippen LogP contribution is 2.41. The van der Waals surface area contributed by atoms with Crippen LogP contribution >= 0.6 is 11.6 Å². The van der Waals surface area contributed by atoms with Gasteiger partial charge < -0.3 is 9.64 Å². The third-order valence-corrected chi connectivity index (χ3v) is 6.94. The number of carbonyl (C=O) groups excluding carboxylic acids is 1. The first-order chi connectivity index (χ1) is 15.6. The summed E-state index contributed by atoms with van der Waals surface area (Å²) in [6.07, 6.45) is 2.25. The molecule has 2 fully saturated rings. The lowest BCUT2D eigenvalue weighted by atomic mass is 9.71. The van der Waals surface area contributed by atoms with E-state index in [0.717, 1.165) is 62.6 Å². The third-order valence-electron chi connectivity index (χ3n) is 6.69. The van der Waals surface area contributed by atoms with Crippen LogP contribution in [0.3, 0.4) is 0 Å². The standard InChI is InChI=1S/C27H27ClN2O2/c28-23-12-10-21(11-13-23)26(31)30-19-27(20-30)14-16-29(17-15-27)18-22-6-4-5-9-25(22)32-24-7-2-1-3-8-24/h1-13H,14-20H2. The van der Waals surface area contributed by atoms with Crippen molar-refractivity contribution in [1.29, 1.82) is 0 Å². The minimum absolute atomic E-state index is 0.113. The van der Waals surface area contributed by atoms with Gasteiger partial charge in [-0.2, -0.15) is 0 Å². The molecule has 1 amide bonds. The quantitative estimate of drug-likeness (QED) is 0.491. The number of halogens is 1. The first-order valence-electron chi connectivity index (χ1n) is 11.2. The maximum Gasteiger partial charge on any atom is 0.253 e. The van der Waals surface area contributed by atoms with Gasteiger partial charge >= 0.3 is 0 Å². The van der Waals surface area contributed by atoms with Crippen molar-refractivity contribution in [1.82, 2.24) is 9.80 Å². The summed E-state index contributed by atoms with van der Waals surface area (Å²) in [5.74, 6) is 1.89. The second-order valence-electron chi connectivity index (χ2n) is 8.97. The highest BCUT2D eigenvalue weighted by molar-refractivity contribution is 6.30. The molecule has 0 aromatic heterocycles. The van der Waals surface area contributed by atoms with Crippen LogP contribution in [-0.4, -0.2) is 41.9 Å². The topological polar surface area (TPSA) is 32.8 Å². The Hall–Kier alpha value is -2.82. The lowest BCUT2D eigenvalue weighted by molar-refractivity contribution is -0.0336. The number of piperidine rings is 1. The van der Waals surface area contributed by atoms with E-state index in [4.69, 9.17) is 16.3 Å². The molecule has 1 spiro atoms. The van der Waals surface area contributed by atoms with E-state index in [-0.39, 0.29) is 11.3 Å². The molecule has 0 atom stereocenters. The SMILES string of the molecule is O=C(c1ccc(Cl)cc1)N1CC2(CCN(Cc3ccccc3Oc3ccccc3)CC2)C1. The van der Waals surface area contributed by atoms with Crippen LogP contribution in [0.1, 0.15) is 28.8 Å². The normalized spacial score (nSPS) is 17.7. The summed E-state index contributed by atoms with van der Waals surface area (Å²) in [6, 6.07) is 25.4. The molecule has 2 aliphatic rings. The predicted molar refractivity (Wildman–Crippen MR) is 127 cm³/mol. The van der Waals surface area contributed by atoms with Crippen molar-refractivity contribution in [3.05, 3.63) is 95.0 Å². The lowest BCUT2D eigenvalue weighted by Gasteiger charge is -2.54. The number of para-hydroxylation sites is 2. The fourth-order valence-electron chi connectivity index (χ4n) is 4.77. The third kappa shape index (κ3) is 4.52. The summed E-state index contributed by atoms with van der Waals surface area (Å²) in [5.41, 5.74) is 2.20. The van der Waals surface area contributed by atoms with E-state index in [0.29, 0.717) is 5.02 Å². The van der Waals surface area contributed by atoms with Gasteiger partial charge in [0.2, 0.25) is 0 Å². The van der Waals surface area contributed by atoms with Gasteiger partial charge in [-0.1, -0.05) is 48.0 Å². The van der Waals surface area contributed by atoms with E-state index in [1.807, 2.05) is 59.5 Å². The molecule has 3 aromatic carbocycles. The average molecular weight is 447 g/mol. The van der Waals surface area contributed by atoms with Gasteiger partial charge in [-0.3, -0.25) is 9.69 Å². The van der Waals surface area contributed by atoms with Crippen molar-refractivity contribution in [3.63, 3.8) is 0 Å². The minimum Gasteiger partial charge on any atom is -0.457 e. The summed E-state index contributed by atoms with van der Waals surface area (Å²) >= 11 is 5.94. The van der Waals surface area contributed by atoms with E-state index < -0.39 is 0 Å². The van der Waals surface area contributed by atoms with Crippen LogP contribution in [-0.2, 0) is 6.54 Å². The Kier molecular flexibility index (Phi) is 5.90. The minimum atomic E-state index is 0.113. The van der Waals surface area contributed by atoms with Crippen LogP contribution < -0.4 is 4.74 Å². The van der Waals surface area contributed by atoms with Crippen molar-refractivity contribution in [2.75, 3.05) is 26.2 Å². The van der Waals surface area contributed by atoms with Gasteiger partial charge in [-0.05, 0) is 68.4 Å². The maximum absolute atomic E-state index is 12.7. The molecule has 5 heteroatoms. The molecule has 0 N–H and O–H groups in total. The highest BCUT2D eigenvalue weighted by atomic mass is 35.5. The average Bonchev–Trinajstić information content (AvgIpc) is 2.80. The number of carbonyl (C=O) groups is 1. The number of nitrogens with zero attached hydrogens (tertiary/aromatic N) is 2. The molecule has 32 heavy (non-hydrogen) atoms. The van der Waals surface area contributed by atoms with Gasteiger partial charge in [-0.25, -0.2) is 0 Å². The summed E-state index contributed by atoms with van der Waals surface area (Å²) in [5, 5.41) is 0.657. The van der Waals surface area contributed by atoms with Crippen molar-refractivity contribution in [2.45, 2.75) is 19.4 Å². The Labute approximate surface area is 194 Å². The largest absolute Gasteiger partial charge is 0.457 e. The molecule has 0 saturated carbocycles. The zero-order valence-corrected chi connectivity index (χ0v) is 18.8. The predicted octanol–water partition coefficient (Wildman–Crippen LogP) is 5.87. The van der Waals surface area contributed by atoms with Crippen LogP contribution in [0.4, 0.5) is 0 Å². The number of amides is 1. The van der Waals surface area contributed by atoms with Crippen LogP contribution in [0.5, 0.6) is 11.5 Å². The van der Waals surface area contributed by atoms with Crippen LogP contribution in [0.25, 0.3) is 0 Å². The first kappa shape index (κ1) is 21.0. The highest BCUT2D eigenvalue weighted by Gasteiger charge is 2.46. The van der Waals surface area contributed by atoms with Gasteiger partial charge in [0, 0.05) is 41.2 Å². The number of hydrogen-bond acceptors (Lipinski definition) is 3. The Bertz CT molecular complexity index is 1070. The Morgan fingerprint density at radius 3 is 2.25 bits per heavy atom. The fourth-order valence-corrected chi connectivity index (χ4v) is 4.90. The molecule has 3 aromatic rings. The Balaban J connectivity index is 1.15. The molecule has 0 unspecified atom stereocenters. The van der Waals surface area contributed by atoms with Gasteiger partial charge in [0.25, 0.3) is 5.91 Å². The zero-order chi connectivity index (χ0) is 22.0. The van der Waals surface area contributed by atoms with Crippen molar-refractivity contribution < 1.29 is 9.53 Å². The molecule has 0 bridgehead atoms. The van der Waals surface area contributed by atoms with E-state index in [2.05, 4.69) is 17.0 Å². The van der Waals surface area contributed by atoms with Crippen LogP contribution in [0.2, 0.25) is 5.02 Å². The molecule has 164 valence electrons. The molecule has 5 rings (SSSR count). The van der Waals surface area contributed by atoms with Crippen molar-refractivity contribution >= 4 is 17.5 Å². The van der Waals surface area contributed by atoms with E-state index in [1.165, 1.54) is 5.56 Å². The molecule has 0 aliphatic carbocycles. The number of ether oxygens (including phenoxy) is 1. The van der Waals surface area contributed by atoms with Crippen molar-refractivity contribution in [3.8, 4) is 11.5 Å². The summed E-state index contributed by atoms with van der Waals surface area (Å²) in [6.45, 7) is 4.68. The van der Waals surface area contributed by atoms with Crippen molar-refractivity contribution in [2.24, 2.45) is 5.41 Å². The van der Waals surface area contributed by atoms with E-state index in [1.54, 1.807) is 12.1 Å². The summed E-state index contributed by atoms with van der Waals surface area (Å²) < 4.78 is 6.14. The maximum atomic E-state index is 12.7. The number of likely N-dealkylation sites (tertiary alicyclic amines) is 2. The summed E-state index contributed by atoms with van der Waals surface area (Å²) in [7, 11) is 0. The monoisotopic (exact) mass is 446 g/mol. The fraction of sp³-hybridized carbons (Fsp3) is 0.296. The zero-order valence-electron chi connectivity index (χ0n) is 18.0. The number of benzene rings is 3. The Morgan fingerprint density at radius 1 is 0.875 bits per heavy atom. The van der Waals surface area contributed by atoms with E-state index in [9.17, 15) is 4.79 Å². The number of hydrogen-bond donors (Lipinski definition) is 0. The van der Waals surface area contributed by atoms with Gasteiger partial charge in [0.1, 0.15) is 11.5 Å². The van der Waals surface area contributed by atoms with Crippen LogP contribution in [0, 0.1) is 5.41 Å². The molecule has 4 nitrogen and oxygen atoms in total. The molecule has 0 radical (unpaired) electrons. The molecule has 2 heterocycles. The molecular formula is C27H27ClN2O2. The summed E-state index contributed by atoms with van der Waals surface area (Å²) in [4.78, 5) is 17.2. The first-order valence-corrected chi connectivity index (χ1v) is 11.6. The lowest BCUT2D eigenvalue weighted by Crippen LogP contribution is -2.61. The second-order valence-corrected chi connectivity index (χ2v) is 9.40. The smallest absolute Gasteiger partial charge is 0.253 e. The van der Waals surface area contributed by atoms with Crippen LogP contribution in [0.15, 0.2) is 78.9 Å². The molecular weight excluding hydrogens is 420 g/mol. The van der Waals surface area contributed by atoms with Gasteiger partial charge in [0.05, 0.1) is 0 Å². The van der Waals surface area contributed by atoms with Gasteiger partial charge in [-0.15, -0.1) is 0 Å². The number of rotatable bonds is 5. The Morgan fingerprint density at radius 2 is 1.53 bits per heavy atom. The van der Waals surface area contributed by atoms with E-state index >= 15 is 0 Å². The molecule has 2 aliphatic heterocycles. The van der Waals surface area contributed by atoms with Gasteiger partial charge in [0.15, 0.2) is 0 Å².